The van der Waals surface area contributed by atoms with Gasteiger partial charge in [-0.3, -0.25) is 0 Å². The second kappa shape index (κ2) is 73.8. The molecule has 0 nitrogen and oxygen atoms in total. The van der Waals surface area contributed by atoms with Crippen molar-refractivity contribution in [1.29, 1.82) is 0 Å². The van der Waals surface area contributed by atoms with Gasteiger partial charge in [0.05, 0.1) is 0 Å². The molecule has 0 N–H and O–H groups in total. The largest absolute Gasteiger partial charge is 0.358 e. The van der Waals surface area contributed by atoms with Crippen LogP contribution in [0.4, 0.5) is 0 Å². The van der Waals surface area contributed by atoms with E-state index in [0.29, 0.717) is 0 Å². The Kier molecular flexibility index (Phi) is 189. The first kappa shape index (κ1) is 58.9. The number of benzene rings is 2. The summed E-state index contributed by atoms with van der Waals surface area (Å²) in [6.45, 7) is 8.00. The van der Waals surface area contributed by atoms with Gasteiger partial charge in [0, 0.05) is 32.7 Å². The number of rotatable bonds is 0. The molecule has 3 radical (unpaired) electrons. The van der Waals surface area contributed by atoms with Crippen LogP contribution in [0, 0.1) is 29.7 Å². The zero-order valence-electron chi connectivity index (χ0n) is 16.2. The van der Waals surface area contributed by atoms with E-state index in [-0.39, 0.29) is 62.4 Å². The Labute approximate surface area is 162 Å². The predicted molar refractivity (Wildman–Crippen MR) is 101 cm³/mol. The molecule has 0 aliphatic rings. The van der Waals surface area contributed by atoms with E-state index in [2.05, 4.69) is 0 Å². The maximum atomic E-state index is 2.00. The molecule has 2 rings (SSSR count). The molecule has 3 heteroatoms. The van der Waals surface area contributed by atoms with Gasteiger partial charge >= 0.3 is 0 Å². The summed E-state index contributed by atoms with van der Waals surface area (Å²) in [4.78, 5) is 0. The summed E-state index contributed by atoms with van der Waals surface area (Å²) in [5.41, 5.74) is 0. The molecule has 0 heterocycles. The van der Waals surface area contributed by atoms with Gasteiger partial charge in [0.15, 0.2) is 0 Å². The fourth-order valence-electron chi connectivity index (χ4n) is 0.770. The third-order valence-corrected chi connectivity index (χ3v) is 1.33. The Morgan fingerprint density at radius 1 is 0.304 bits per heavy atom. The van der Waals surface area contributed by atoms with Gasteiger partial charge in [0.25, 0.3) is 0 Å². The van der Waals surface area contributed by atoms with Gasteiger partial charge in [0.2, 0.25) is 0 Å². The van der Waals surface area contributed by atoms with Gasteiger partial charge in [-0.1, -0.05) is 100 Å². The molecule has 141 valence electrons. The van der Waals surface area contributed by atoms with E-state index in [0.717, 1.165) is 0 Å². The molecule has 0 fully saturated rings. The van der Waals surface area contributed by atoms with E-state index < -0.39 is 0 Å². The molecule has 0 aromatic heterocycles. The summed E-state index contributed by atoms with van der Waals surface area (Å²) in [7, 11) is 0. The molecule has 0 aliphatic carbocycles. The van der Waals surface area contributed by atoms with Gasteiger partial charge in [-0.05, 0) is 0 Å². The molecule has 0 saturated heterocycles. The monoisotopic (exact) mass is 859 g/mol. The molecule has 0 unspecified atom stereocenters. The van der Waals surface area contributed by atoms with Gasteiger partial charge in [0.1, 0.15) is 0 Å². The third-order valence-electron chi connectivity index (χ3n) is 1.33. The molecule has 2 aromatic carbocycles. The van der Waals surface area contributed by atoms with Crippen molar-refractivity contribution in [2.45, 2.75) is 27.7 Å². The average Bonchev–Trinajstić information content (AvgIpc) is 2.48. The molecule has 0 aliphatic heterocycles. The van der Waals surface area contributed by atoms with Crippen LogP contribution in [0.1, 0.15) is 27.7 Å². The van der Waals surface area contributed by atoms with Crippen LogP contribution >= 0.6 is 0 Å². The summed E-state index contributed by atoms with van der Waals surface area (Å²) in [6, 6.07) is 24.0. The summed E-state index contributed by atoms with van der Waals surface area (Å²) in [6.07, 6.45) is 0. The van der Waals surface area contributed by atoms with Gasteiger partial charge < -0.3 is 29.7 Å². The molecule has 23 heavy (non-hydrogen) atoms. The van der Waals surface area contributed by atoms with E-state index >= 15 is 0 Å². The van der Waals surface area contributed by atoms with Crippen molar-refractivity contribution in [3.05, 3.63) is 103 Å². The van der Waals surface area contributed by atoms with E-state index in [1.165, 1.54) is 0 Å². The second-order valence-electron chi connectivity index (χ2n) is 2.31. The zero-order valence-corrected chi connectivity index (χ0v) is 24.6. The Balaban J connectivity index is -0.0000000160. The Morgan fingerprint density at radius 2 is 0.348 bits per heavy atom. The fourth-order valence-corrected chi connectivity index (χ4v) is 0.770. The third kappa shape index (κ3) is 66.0. The minimum atomic E-state index is 0. The summed E-state index contributed by atoms with van der Waals surface area (Å²) in [5, 5.41) is 0. The standard InChI is InChI=1S/2C6H6.2C2H6.4CH3.2Bk.Y/c2*1-2-4-6-5-3-1;2*1-2;;;;;;;/h2*1-6H;2*1-2H3;4*1H3;;;/q;;;;4*-1;;;. The van der Waals surface area contributed by atoms with Crippen LogP contribution < -0.4 is 0 Å². The van der Waals surface area contributed by atoms with E-state index in [4.69, 9.17) is 0 Å². The Bertz CT molecular complexity index is 191. The SMILES string of the molecule is CC.CC.[Bk].[Bk].[CH3-].[CH3-].[CH3-].[CH3-].[Y].c1ccccc1.c1ccccc1. The molecular formula is C20H36Bk2Y-4. The minimum Gasteiger partial charge on any atom is -0.358 e. The van der Waals surface area contributed by atoms with Gasteiger partial charge in [-0.15, -0.1) is 0 Å². The van der Waals surface area contributed by atoms with Gasteiger partial charge in [-0.2, -0.15) is 0 Å². The number of hydrogen-bond donors (Lipinski definition) is 0. The van der Waals surface area contributed by atoms with Crippen LogP contribution in [0.2, 0.25) is 0 Å². The van der Waals surface area contributed by atoms with Crippen molar-refractivity contribution in [2.75, 3.05) is 0 Å². The van der Waals surface area contributed by atoms with Crippen molar-refractivity contribution >= 4 is 0 Å². The second-order valence-corrected chi connectivity index (χ2v) is 2.31. The first-order valence-corrected chi connectivity index (χ1v) is 6.00. The minimum absolute atomic E-state index is 0. The molecule has 2 aromatic rings. The normalized spacial score (nSPS) is 4.70. The van der Waals surface area contributed by atoms with Crippen LogP contribution in [0.25, 0.3) is 0 Å². The van der Waals surface area contributed by atoms with Crippen molar-refractivity contribution < 1.29 is 32.7 Å². The molecular weight excluding hydrogens is 823 g/mol. The summed E-state index contributed by atoms with van der Waals surface area (Å²) in [5.74, 6) is 0. The molecule has 0 spiro atoms. The fraction of sp³-hybridized carbons (Fsp3) is 0.200. The molecule has 0 amide bonds. The quantitative estimate of drug-likeness (QED) is 0.246. The van der Waals surface area contributed by atoms with E-state index in [9.17, 15) is 0 Å². The van der Waals surface area contributed by atoms with Crippen LogP contribution in [0.3, 0.4) is 0 Å². The molecule has 0 bridgehead atoms. The zero-order chi connectivity index (χ0) is 12.5. The molecule has 0 saturated carbocycles. The smallest absolute Gasteiger partial charge is 0 e. The van der Waals surface area contributed by atoms with Crippen molar-refractivity contribution in [3.63, 3.8) is 0 Å². The van der Waals surface area contributed by atoms with Crippen molar-refractivity contribution in [3.8, 4) is 0 Å². The average molecular weight is 859 g/mol. The first-order valence-electron chi connectivity index (χ1n) is 6.00. The van der Waals surface area contributed by atoms with E-state index in [1.807, 2.05) is 100 Å². The van der Waals surface area contributed by atoms with Crippen molar-refractivity contribution in [1.82, 2.24) is 0 Å². The maximum absolute atomic E-state index is 2.00. The Morgan fingerprint density at radius 3 is 0.391 bits per heavy atom. The van der Waals surface area contributed by atoms with Crippen molar-refractivity contribution in [2.24, 2.45) is 0 Å². The topological polar surface area (TPSA) is 0 Å². The van der Waals surface area contributed by atoms with Crippen LogP contribution in [0.5, 0.6) is 0 Å². The van der Waals surface area contributed by atoms with Crippen LogP contribution in [-0.2, 0) is 32.7 Å². The Hall–Kier alpha value is -2.46. The summed E-state index contributed by atoms with van der Waals surface area (Å²) < 4.78 is 0. The van der Waals surface area contributed by atoms with Gasteiger partial charge in [-0.25, -0.2) is 0 Å². The first-order chi connectivity index (χ1) is 8.00. The molecule has 0 atom stereocenters. The summed E-state index contributed by atoms with van der Waals surface area (Å²) >= 11 is 0. The van der Waals surface area contributed by atoms with E-state index in [1.54, 1.807) is 0 Å². The maximum Gasteiger partial charge on any atom is 0 e. The van der Waals surface area contributed by atoms with Crippen LogP contribution in [-0.4, -0.2) is 0 Å². The van der Waals surface area contributed by atoms with Crippen LogP contribution in [0.15, 0.2) is 72.8 Å². The predicted octanol–water partition coefficient (Wildman–Crippen LogP) is 7.22. The number of hydrogen-bond acceptors (Lipinski definition) is 0.